The number of hydrogen-bond donors (Lipinski definition) is 5. The molecule has 2 rings (SSSR count). The summed E-state index contributed by atoms with van der Waals surface area (Å²) in [7, 11) is 0. The number of amides is 4. The minimum atomic E-state index is -1.05. The number of rotatable bonds is 13. The topological polar surface area (TPSA) is 220 Å². The first kappa shape index (κ1) is 34.5. The summed E-state index contributed by atoms with van der Waals surface area (Å²) in [4.78, 5) is 90.5. The Labute approximate surface area is 243 Å². The van der Waals surface area contributed by atoms with Crippen molar-refractivity contribution in [1.82, 2.24) is 35.1 Å². The van der Waals surface area contributed by atoms with Crippen LogP contribution in [0.1, 0.15) is 19.8 Å². The highest BCUT2D eigenvalue weighted by Gasteiger charge is 2.29. The first-order valence-corrected chi connectivity index (χ1v) is 13.8. The molecule has 0 aliphatic carbocycles. The maximum atomic E-state index is 12.9. The van der Waals surface area contributed by atoms with Crippen molar-refractivity contribution in [1.29, 1.82) is 0 Å². The van der Waals surface area contributed by atoms with Gasteiger partial charge in [0.2, 0.25) is 23.6 Å². The number of aliphatic carboxylic acids is 3. The minimum Gasteiger partial charge on any atom is -0.480 e. The zero-order valence-corrected chi connectivity index (χ0v) is 23.8. The molecule has 0 spiro atoms. The highest BCUT2D eigenvalue weighted by atomic mass is 16.4. The zero-order valence-electron chi connectivity index (χ0n) is 23.8. The first-order chi connectivity index (χ1) is 19.8. The number of carboxylic acids is 3. The summed E-state index contributed by atoms with van der Waals surface area (Å²) in [5.74, 6) is -4.71. The van der Waals surface area contributed by atoms with E-state index in [1.807, 2.05) is 0 Å². The van der Waals surface area contributed by atoms with E-state index in [1.165, 1.54) is 0 Å². The van der Waals surface area contributed by atoms with Gasteiger partial charge in [-0.1, -0.05) is 0 Å². The van der Waals surface area contributed by atoms with Crippen LogP contribution in [0.3, 0.4) is 0 Å². The van der Waals surface area contributed by atoms with Crippen LogP contribution in [0.5, 0.6) is 0 Å². The Bertz CT molecular complexity index is 962. The van der Waals surface area contributed by atoms with E-state index >= 15 is 0 Å². The molecule has 2 heterocycles. The molecule has 2 saturated heterocycles. The van der Waals surface area contributed by atoms with Crippen molar-refractivity contribution in [3.05, 3.63) is 0 Å². The van der Waals surface area contributed by atoms with Crippen LogP contribution in [0.4, 0.5) is 0 Å². The number of imide groups is 1. The van der Waals surface area contributed by atoms with E-state index in [9.17, 15) is 48.9 Å². The van der Waals surface area contributed by atoms with Gasteiger partial charge in [0.05, 0.1) is 32.2 Å². The average Bonchev–Trinajstić information content (AvgIpc) is 3.22. The third-order valence-electron chi connectivity index (χ3n) is 7.11. The third-order valence-corrected chi connectivity index (χ3v) is 7.11. The first-order valence-electron chi connectivity index (χ1n) is 13.8. The summed E-state index contributed by atoms with van der Waals surface area (Å²) in [6.45, 7) is 2.58. The molecule has 0 aromatic rings. The second kappa shape index (κ2) is 17.3. The van der Waals surface area contributed by atoms with Crippen LogP contribution in [-0.2, 0) is 33.6 Å². The van der Waals surface area contributed by atoms with Gasteiger partial charge in [-0.15, -0.1) is 0 Å². The number of carbonyl (C=O) groups excluding carboxylic acids is 4. The Morgan fingerprint density at radius 1 is 0.690 bits per heavy atom. The summed E-state index contributed by atoms with van der Waals surface area (Å²) >= 11 is 0. The standard InChI is InChI=1S/C25H41N7O10/c1-18(25(42)27-14-19(33)26-4-5-32-20(34)2-3-21(32)35)31-12-10-29(16-23(38)39)8-6-28(15-22(36)37)7-9-30(11-13-31)17-24(40)41/h18H,2-17H2,1H3,(H,26,33)(H,27,42)(H,36,37)(H,38,39)(H,40,41). The molecule has 1 unspecified atom stereocenters. The van der Waals surface area contributed by atoms with Gasteiger partial charge in [0, 0.05) is 78.3 Å². The Hall–Kier alpha value is -3.67. The maximum absolute atomic E-state index is 12.9. The van der Waals surface area contributed by atoms with E-state index < -0.39 is 35.8 Å². The number of nitrogens with one attached hydrogen (secondary N) is 2. The molecule has 1 atom stereocenters. The van der Waals surface area contributed by atoms with Gasteiger partial charge in [-0.05, 0) is 6.92 Å². The summed E-state index contributed by atoms with van der Waals surface area (Å²) in [6, 6.07) is -0.748. The van der Waals surface area contributed by atoms with E-state index in [-0.39, 0.29) is 116 Å². The molecule has 17 nitrogen and oxygen atoms in total. The quantitative estimate of drug-likeness (QED) is 0.128. The SMILES string of the molecule is CC(C(=O)NCC(=O)NCCN1C(=O)CCC1=O)N1CCN(CC(=O)O)CCN(CC(=O)O)CCN(CC(=O)O)CC1. The Balaban J connectivity index is 2.00. The van der Waals surface area contributed by atoms with Crippen LogP contribution in [-0.4, -0.2) is 179 Å². The minimum absolute atomic E-state index is 0.0509. The second-order valence-corrected chi connectivity index (χ2v) is 10.2. The zero-order chi connectivity index (χ0) is 31.2. The van der Waals surface area contributed by atoms with Crippen LogP contribution < -0.4 is 10.6 Å². The maximum Gasteiger partial charge on any atom is 0.317 e. The van der Waals surface area contributed by atoms with Crippen molar-refractivity contribution < 1.29 is 48.9 Å². The molecule has 42 heavy (non-hydrogen) atoms. The second-order valence-electron chi connectivity index (χ2n) is 10.2. The molecule has 0 radical (unpaired) electrons. The van der Waals surface area contributed by atoms with Gasteiger partial charge >= 0.3 is 17.9 Å². The van der Waals surface area contributed by atoms with Crippen LogP contribution in [0, 0.1) is 0 Å². The van der Waals surface area contributed by atoms with Crippen molar-refractivity contribution in [3.63, 3.8) is 0 Å². The van der Waals surface area contributed by atoms with Crippen molar-refractivity contribution in [3.8, 4) is 0 Å². The lowest BCUT2D eigenvalue weighted by molar-refractivity contribution is -0.140. The molecule has 236 valence electrons. The van der Waals surface area contributed by atoms with E-state index in [0.717, 1.165) is 4.90 Å². The van der Waals surface area contributed by atoms with Gasteiger partial charge in [0.25, 0.3) is 0 Å². The molecular formula is C25H41N7O10. The van der Waals surface area contributed by atoms with Gasteiger partial charge in [-0.3, -0.25) is 58.1 Å². The molecule has 0 saturated carbocycles. The van der Waals surface area contributed by atoms with Gasteiger partial charge in [0.15, 0.2) is 0 Å². The van der Waals surface area contributed by atoms with E-state index in [0.29, 0.717) is 0 Å². The monoisotopic (exact) mass is 599 g/mol. The fourth-order valence-electron chi connectivity index (χ4n) is 4.71. The fourth-order valence-corrected chi connectivity index (χ4v) is 4.71. The van der Waals surface area contributed by atoms with Crippen molar-refractivity contribution in [2.24, 2.45) is 0 Å². The average molecular weight is 600 g/mol. The predicted molar refractivity (Wildman–Crippen MR) is 145 cm³/mol. The number of nitrogens with zero attached hydrogens (tertiary/aromatic N) is 5. The van der Waals surface area contributed by atoms with Crippen LogP contribution in [0.2, 0.25) is 0 Å². The third kappa shape index (κ3) is 12.5. The summed E-state index contributed by atoms with van der Waals surface area (Å²) in [5, 5.41) is 33.1. The molecular weight excluding hydrogens is 558 g/mol. The Morgan fingerprint density at radius 2 is 1.10 bits per heavy atom. The Morgan fingerprint density at radius 3 is 1.50 bits per heavy atom. The van der Waals surface area contributed by atoms with Gasteiger partial charge in [-0.25, -0.2) is 0 Å². The Kier molecular flexibility index (Phi) is 14.2. The van der Waals surface area contributed by atoms with Crippen LogP contribution in [0.15, 0.2) is 0 Å². The lowest BCUT2D eigenvalue weighted by Crippen LogP contribution is -2.53. The largest absolute Gasteiger partial charge is 0.480 e. The molecule has 0 aromatic carbocycles. The number of likely N-dealkylation sites (tertiary alicyclic amines) is 1. The van der Waals surface area contributed by atoms with Gasteiger partial charge in [-0.2, -0.15) is 0 Å². The number of carbonyl (C=O) groups is 7. The number of hydrogen-bond acceptors (Lipinski definition) is 11. The van der Waals surface area contributed by atoms with E-state index in [4.69, 9.17) is 0 Å². The van der Waals surface area contributed by atoms with E-state index in [2.05, 4.69) is 10.6 Å². The molecule has 17 heteroatoms. The molecule has 0 bridgehead atoms. The normalized spacial score (nSPS) is 19.5. The summed E-state index contributed by atoms with van der Waals surface area (Å²) < 4.78 is 0. The summed E-state index contributed by atoms with van der Waals surface area (Å²) in [5.41, 5.74) is 0. The molecule has 4 amide bonds. The van der Waals surface area contributed by atoms with Crippen LogP contribution >= 0.6 is 0 Å². The van der Waals surface area contributed by atoms with Crippen molar-refractivity contribution in [2.75, 3.05) is 91.6 Å². The number of carboxylic acid groups (broad SMARTS) is 3. The molecule has 2 aliphatic rings. The van der Waals surface area contributed by atoms with Gasteiger partial charge in [0.1, 0.15) is 0 Å². The lowest BCUT2D eigenvalue weighted by atomic mass is 10.2. The lowest BCUT2D eigenvalue weighted by Gasteiger charge is -2.35. The predicted octanol–water partition coefficient (Wildman–Crippen LogP) is -3.77. The van der Waals surface area contributed by atoms with Crippen molar-refractivity contribution >= 4 is 41.5 Å². The highest BCUT2D eigenvalue weighted by Crippen LogP contribution is 2.10. The summed E-state index contributed by atoms with van der Waals surface area (Å²) in [6.07, 6.45) is 0.311. The van der Waals surface area contributed by atoms with Gasteiger partial charge < -0.3 is 26.0 Å². The molecule has 2 aliphatic heterocycles. The van der Waals surface area contributed by atoms with Crippen molar-refractivity contribution in [2.45, 2.75) is 25.8 Å². The molecule has 2 fully saturated rings. The van der Waals surface area contributed by atoms with Crippen LogP contribution in [0.25, 0.3) is 0 Å². The molecule has 5 N–H and O–H groups in total. The highest BCUT2D eigenvalue weighted by molar-refractivity contribution is 6.02. The smallest absolute Gasteiger partial charge is 0.317 e. The fraction of sp³-hybridized carbons (Fsp3) is 0.720. The van der Waals surface area contributed by atoms with E-state index in [1.54, 1.807) is 26.5 Å². The molecule has 0 aromatic heterocycles.